The molecule has 1 N–H and O–H groups in total. The highest BCUT2D eigenvalue weighted by atomic mass is 32.2. The van der Waals surface area contributed by atoms with Gasteiger partial charge >= 0.3 is 0 Å². The molecule has 24 heavy (non-hydrogen) atoms. The molecule has 0 spiro atoms. The zero-order chi connectivity index (χ0) is 16.9. The fourth-order valence-corrected chi connectivity index (χ4v) is 3.06. The van der Waals surface area contributed by atoms with Gasteiger partial charge in [-0.1, -0.05) is 35.5 Å². The van der Waals surface area contributed by atoms with Crippen LogP contribution < -0.4 is 5.32 Å². The second kappa shape index (κ2) is 7.31. The van der Waals surface area contributed by atoms with Gasteiger partial charge in [0, 0.05) is 23.1 Å². The largest absolute Gasteiger partial charge is 0.355 e. The van der Waals surface area contributed by atoms with Gasteiger partial charge in [0.2, 0.25) is 0 Å². The van der Waals surface area contributed by atoms with Crippen molar-refractivity contribution >= 4 is 17.7 Å². The Morgan fingerprint density at radius 1 is 1.17 bits per heavy atom. The first-order chi connectivity index (χ1) is 11.7. The predicted octanol–water partition coefficient (Wildman–Crippen LogP) is 3.07. The molecule has 0 aliphatic heterocycles. The number of carbonyl (C=O) groups excluding carboxylic acids is 1. The normalized spacial score (nSPS) is 10.6. The summed E-state index contributed by atoms with van der Waals surface area (Å²) < 4.78 is 1.81. The van der Waals surface area contributed by atoms with Gasteiger partial charge in [0.25, 0.3) is 5.91 Å². The minimum atomic E-state index is -0.0849. The standard InChI is InChI=1S/C18H18N4OS/c1-19-18(23)14-9-7-13(8-10-14)11-22-12-16(20-21-22)15-5-3-4-6-17(15)24-2/h3-10,12H,11H2,1-2H3,(H,19,23). The number of nitrogens with zero attached hydrogens (tertiary/aromatic N) is 3. The zero-order valence-corrected chi connectivity index (χ0v) is 14.4. The van der Waals surface area contributed by atoms with Crippen molar-refractivity contribution in [3.63, 3.8) is 0 Å². The van der Waals surface area contributed by atoms with Crippen LogP contribution >= 0.6 is 11.8 Å². The molecule has 2 aromatic carbocycles. The maximum atomic E-state index is 11.6. The number of carbonyl (C=O) groups is 1. The third-order valence-electron chi connectivity index (χ3n) is 3.71. The highest BCUT2D eigenvalue weighted by Gasteiger charge is 2.09. The quantitative estimate of drug-likeness (QED) is 0.726. The first-order valence-corrected chi connectivity index (χ1v) is 8.78. The molecule has 6 heteroatoms. The summed E-state index contributed by atoms with van der Waals surface area (Å²) in [4.78, 5) is 12.7. The molecule has 0 atom stereocenters. The number of benzene rings is 2. The van der Waals surface area contributed by atoms with Gasteiger partial charge in [-0.25, -0.2) is 4.68 Å². The van der Waals surface area contributed by atoms with E-state index >= 15 is 0 Å². The Hall–Kier alpha value is -2.60. The number of rotatable bonds is 5. The first-order valence-electron chi connectivity index (χ1n) is 7.56. The fourth-order valence-electron chi connectivity index (χ4n) is 2.45. The molecule has 0 fully saturated rings. The van der Waals surface area contributed by atoms with E-state index < -0.39 is 0 Å². The highest BCUT2D eigenvalue weighted by molar-refractivity contribution is 7.98. The Balaban J connectivity index is 1.78. The lowest BCUT2D eigenvalue weighted by molar-refractivity contribution is 0.0963. The molecular formula is C18H18N4OS. The molecule has 1 heterocycles. The van der Waals surface area contributed by atoms with Crippen LogP contribution in [-0.4, -0.2) is 34.2 Å². The van der Waals surface area contributed by atoms with Crippen molar-refractivity contribution in [2.45, 2.75) is 11.4 Å². The van der Waals surface area contributed by atoms with Gasteiger partial charge in [-0.2, -0.15) is 0 Å². The fraction of sp³-hybridized carbons (Fsp3) is 0.167. The van der Waals surface area contributed by atoms with E-state index in [9.17, 15) is 4.79 Å². The van der Waals surface area contributed by atoms with Crippen molar-refractivity contribution in [2.24, 2.45) is 0 Å². The van der Waals surface area contributed by atoms with E-state index in [1.54, 1.807) is 23.5 Å². The third kappa shape index (κ3) is 3.49. The van der Waals surface area contributed by atoms with Crippen LogP contribution in [0.1, 0.15) is 15.9 Å². The second-order valence-electron chi connectivity index (χ2n) is 5.28. The van der Waals surface area contributed by atoms with Crippen molar-refractivity contribution in [1.29, 1.82) is 0 Å². The van der Waals surface area contributed by atoms with Crippen LogP contribution in [0.2, 0.25) is 0 Å². The van der Waals surface area contributed by atoms with Crippen LogP contribution in [0.5, 0.6) is 0 Å². The molecule has 1 aromatic heterocycles. The number of hydrogen-bond donors (Lipinski definition) is 1. The number of hydrogen-bond acceptors (Lipinski definition) is 4. The first kappa shape index (κ1) is 16.3. The van der Waals surface area contributed by atoms with Crippen LogP contribution in [0, 0.1) is 0 Å². The summed E-state index contributed by atoms with van der Waals surface area (Å²) in [6.45, 7) is 0.614. The molecule has 0 saturated heterocycles. The molecular weight excluding hydrogens is 320 g/mol. The van der Waals surface area contributed by atoms with Gasteiger partial charge in [-0.15, -0.1) is 16.9 Å². The summed E-state index contributed by atoms with van der Waals surface area (Å²) in [6.07, 6.45) is 4.00. The van der Waals surface area contributed by atoms with Crippen molar-refractivity contribution in [2.75, 3.05) is 13.3 Å². The molecule has 0 radical (unpaired) electrons. The summed E-state index contributed by atoms with van der Waals surface area (Å²) in [6, 6.07) is 15.7. The van der Waals surface area contributed by atoms with Gasteiger partial charge in [0.05, 0.1) is 12.7 Å². The van der Waals surface area contributed by atoms with E-state index in [1.165, 1.54) is 4.90 Å². The van der Waals surface area contributed by atoms with Crippen molar-refractivity contribution in [3.8, 4) is 11.3 Å². The van der Waals surface area contributed by atoms with E-state index in [-0.39, 0.29) is 5.91 Å². The number of amides is 1. The summed E-state index contributed by atoms with van der Waals surface area (Å²) in [7, 11) is 1.62. The molecule has 1 amide bonds. The Morgan fingerprint density at radius 2 is 1.92 bits per heavy atom. The van der Waals surface area contributed by atoms with Crippen LogP contribution in [0.25, 0.3) is 11.3 Å². The number of aromatic nitrogens is 3. The molecule has 3 rings (SSSR count). The third-order valence-corrected chi connectivity index (χ3v) is 4.51. The van der Waals surface area contributed by atoms with Crippen LogP contribution in [0.15, 0.2) is 59.6 Å². The number of thioether (sulfide) groups is 1. The van der Waals surface area contributed by atoms with Crippen LogP contribution in [0.3, 0.4) is 0 Å². The van der Waals surface area contributed by atoms with E-state index in [0.29, 0.717) is 12.1 Å². The minimum absolute atomic E-state index is 0.0849. The molecule has 0 bridgehead atoms. The minimum Gasteiger partial charge on any atom is -0.355 e. The Bertz CT molecular complexity index is 842. The molecule has 3 aromatic rings. The smallest absolute Gasteiger partial charge is 0.251 e. The lowest BCUT2D eigenvalue weighted by Gasteiger charge is -2.04. The van der Waals surface area contributed by atoms with Crippen molar-refractivity contribution in [1.82, 2.24) is 20.3 Å². The van der Waals surface area contributed by atoms with Gasteiger partial charge in [0.1, 0.15) is 5.69 Å². The van der Waals surface area contributed by atoms with Gasteiger partial charge < -0.3 is 5.32 Å². The average molecular weight is 338 g/mol. The maximum absolute atomic E-state index is 11.6. The molecule has 5 nitrogen and oxygen atoms in total. The summed E-state index contributed by atoms with van der Waals surface area (Å²) >= 11 is 1.70. The molecule has 0 saturated carbocycles. The lowest BCUT2D eigenvalue weighted by Crippen LogP contribution is -2.17. The number of nitrogens with one attached hydrogen (secondary N) is 1. The summed E-state index contributed by atoms with van der Waals surface area (Å²) in [5.41, 5.74) is 3.67. The van der Waals surface area contributed by atoms with E-state index in [4.69, 9.17) is 0 Å². The summed E-state index contributed by atoms with van der Waals surface area (Å²) in [5.74, 6) is -0.0849. The van der Waals surface area contributed by atoms with E-state index in [2.05, 4.69) is 34.0 Å². The van der Waals surface area contributed by atoms with Crippen molar-refractivity contribution in [3.05, 3.63) is 65.9 Å². The van der Waals surface area contributed by atoms with Gasteiger partial charge in [0.15, 0.2) is 0 Å². The Morgan fingerprint density at radius 3 is 2.62 bits per heavy atom. The zero-order valence-electron chi connectivity index (χ0n) is 13.6. The second-order valence-corrected chi connectivity index (χ2v) is 6.13. The van der Waals surface area contributed by atoms with E-state index in [0.717, 1.165) is 16.8 Å². The lowest BCUT2D eigenvalue weighted by atomic mass is 10.1. The highest BCUT2D eigenvalue weighted by Crippen LogP contribution is 2.28. The molecule has 0 aliphatic carbocycles. The molecule has 122 valence electrons. The molecule has 0 aliphatic rings. The Kier molecular flexibility index (Phi) is 4.96. The maximum Gasteiger partial charge on any atom is 0.251 e. The summed E-state index contributed by atoms with van der Waals surface area (Å²) in [5, 5.41) is 11.1. The van der Waals surface area contributed by atoms with Crippen LogP contribution in [0.4, 0.5) is 0 Å². The predicted molar refractivity (Wildman–Crippen MR) is 96.2 cm³/mol. The van der Waals surface area contributed by atoms with Gasteiger partial charge in [-0.05, 0) is 30.0 Å². The Labute approximate surface area is 145 Å². The molecule has 0 unspecified atom stereocenters. The SMILES string of the molecule is CNC(=O)c1ccc(Cn2cc(-c3ccccc3SC)nn2)cc1. The van der Waals surface area contributed by atoms with Crippen LogP contribution in [-0.2, 0) is 6.54 Å². The monoisotopic (exact) mass is 338 g/mol. The average Bonchev–Trinajstić information content (AvgIpc) is 3.10. The van der Waals surface area contributed by atoms with Gasteiger partial charge in [-0.3, -0.25) is 4.79 Å². The van der Waals surface area contributed by atoms with E-state index in [1.807, 2.05) is 42.6 Å². The van der Waals surface area contributed by atoms with Crippen molar-refractivity contribution < 1.29 is 4.79 Å². The topological polar surface area (TPSA) is 59.8 Å².